The Kier molecular flexibility index (Phi) is 6.74. The minimum atomic E-state index is -0.590. The highest BCUT2D eigenvalue weighted by Crippen LogP contribution is 1.98. The number of methoxy groups -OCH3 is 2. The molecule has 0 aliphatic carbocycles. The summed E-state index contributed by atoms with van der Waals surface area (Å²) < 4.78 is 9.25. The highest BCUT2D eigenvalue weighted by atomic mass is 16.5. The monoisotopic (exact) mass is 203 g/mol. The maximum Gasteiger partial charge on any atom is 0.407 e. The van der Waals surface area contributed by atoms with E-state index in [-0.39, 0.29) is 5.78 Å². The highest BCUT2D eigenvalue weighted by Gasteiger charge is 2.18. The summed E-state index contributed by atoms with van der Waals surface area (Å²) in [7, 11) is 2.81. The molecule has 1 amide bonds. The van der Waals surface area contributed by atoms with E-state index in [4.69, 9.17) is 4.74 Å². The van der Waals surface area contributed by atoms with Gasteiger partial charge in [-0.05, 0) is 6.42 Å². The Labute approximate surface area is 83.8 Å². The number of rotatable bonds is 6. The molecule has 5 nitrogen and oxygen atoms in total. The van der Waals surface area contributed by atoms with E-state index in [2.05, 4.69) is 10.1 Å². The molecule has 0 aromatic carbocycles. The van der Waals surface area contributed by atoms with Gasteiger partial charge in [0, 0.05) is 20.1 Å². The van der Waals surface area contributed by atoms with Gasteiger partial charge in [0.15, 0.2) is 5.78 Å². The van der Waals surface area contributed by atoms with Crippen LogP contribution >= 0.6 is 0 Å². The molecule has 0 bridgehead atoms. The van der Waals surface area contributed by atoms with Crippen molar-refractivity contribution in [3.63, 3.8) is 0 Å². The molecule has 0 radical (unpaired) electrons. The second kappa shape index (κ2) is 7.32. The molecule has 1 atom stereocenters. The number of hydrogen-bond donors (Lipinski definition) is 1. The fraction of sp³-hybridized carbons (Fsp3) is 0.778. The zero-order valence-corrected chi connectivity index (χ0v) is 8.83. The van der Waals surface area contributed by atoms with E-state index in [0.717, 1.165) is 0 Å². The molecule has 1 N–H and O–H groups in total. The van der Waals surface area contributed by atoms with Crippen molar-refractivity contribution in [1.29, 1.82) is 0 Å². The van der Waals surface area contributed by atoms with Crippen molar-refractivity contribution >= 4 is 11.9 Å². The van der Waals surface area contributed by atoms with E-state index in [0.29, 0.717) is 19.4 Å². The van der Waals surface area contributed by atoms with Gasteiger partial charge in [-0.3, -0.25) is 4.79 Å². The third-order valence-corrected chi connectivity index (χ3v) is 1.83. The van der Waals surface area contributed by atoms with E-state index in [1.165, 1.54) is 7.11 Å². The van der Waals surface area contributed by atoms with E-state index >= 15 is 0 Å². The lowest BCUT2D eigenvalue weighted by molar-refractivity contribution is -0.121. The lowest BCUT2D eigenvalue weighted by atomic mass is 10.1. The third kappa shape index (κ3) is 4.81. The van der Waals surface area contributed by atoms with Crippen molar-refractivity contribution in [1.82, 2.24) is 5.32 Å². The number of amides is 1. The van der Waals surface area contributed by atoms with Crippen LogP contribution in [0.2, 0.25) is 0 Å². The predicted molar refractivity (Wildman–Crippen MR) is 51.1 cm³/mol. The zero-order valence-electron chi connectivity index (χ0n) is 8.83. The average Bonchev–Trinajstić information content (AvgIpc) is 2.22. The molecular weight excluding hydrogens is 186 g/mol. The van der Waals surface area contributed by atoms with Crippen molar-refractivity contribution in [3.8, 4) is 0 Å². The minimum Gasteiger partial charge on any atom is -0.453 e. The molecule has 0 heterocycles. The summed E-state index contributed by atoms with van der Waals surface area (Å²) in [5.41, 5.74) is 0. The van der Waals surface area contributed by atoms with Crippen molar-refractivity contribution in [2.24, 2.45) is 0 Å². The standard InChI is InChI=1S/C9H17NO4/c1-4-8(11)7(5-6-13-2)10-9(12)14-3/h7H,4-6H2,1-3H3,(H,10,12)/t7-/m0/s1. The van der Waals surface area contributed by atoms with Crippen LogP contribution in [-0.2, 0) is 14.3 Å². The normalized spacial score (nSPS) is 11.9. The van der Waals surface area contributed by atoms with Crippen molar-refractivity contribution in [2.75, 3.05) is 20.8 Å². The Morgan fingerprint density at radius 2 is 2.00 bits per heavy atom. The summed E-state index contributed by atoms with van der Waals surface area (Å²) in [6.07, 6.45) is 0.268. The van der Waals surface area contributed by atoms with Crippen LogP contribution in [0.15, 0.2) is 0 Å². The van der Waals surface area contributed by atoms with Crippen LogP contribution in [0.1, 0.15) is 19.8 Å². The van der Waals surface area contributed by atoms with Crippen LogP contribution in [0.5, 0.6) is 0 Å². The van der Waals surface area contributed by atoms with E-state index in [1.807, 2.05) is 0 Å². The van der Waals surface area contributed by atoms with Crippen molar-refractivity contribution < 1.29 is 19.1 Å². The van der Waals surface area contributed by atoms with E-state index in [9.17, 15) is 9.59 Å². The average molecular weight is 203 g/mol. The van der Waals surface area contributed by atoms with Gasteiger partial charge in [-0.25, -0.2) is 4.79 Å². The fourth-order valence-electron chi connectivity index (χ4n) is 0.997. The number of carbonyl (C=O) groups excluding carboxylic acids is 2. The molecule has 0 saturated heterocycles. The van der Waals surface area contributed by atoms with Crippen LogP contribution in [0.4, 0.5) is 4.79 Å². The Morgan fingerprint density at radius 1 is 1.36 bits per heavy atom. The van der Waals surface area contributed by atoms with E-state index < -0.39 is 12.1 Å². The number of nitrogens with one attached hydrogen (secondary N) is 1. The fourth-order valence-corrected chi connectivity index (χ4v) is 0.997. The molecule has 14 heavy (non-hydrogen) atoms. The number of ether oxygens (including phenoxy) is 2. The molecule has 0 aliphatic rings. The second-order valence-electron chi connectivity index (χ2n) is 2.79. The molecule has 0 saturated carbocycles. The molecule has 5 heteroatoms. The van der Waals surface area contributed by atoms with Crippen LogP contribution in [0.25, 0.3) is 0 Å². The predicted octanol–water partition coefficient (Wildman–Crippen LogP) is 0.727. The summed E-state index contributed by atoms with van der Waals surface area (Å²) in [4.78, 5) is 22.2. The summed E-state index contributed by atoms with van der Waals surface area (Å²) >= 11 is 0. The Hall–Kier alpha value is -1.10. The summed E-state index contributed by atoms with van der Waals surface area (Å²) in [6.45, 7) is 2.18. The summed E-state index contributed by atoms with van der Waals surface area (Å²) in [5.74, 6) is -0.0209. The minimum absolute atomic E-state index is 0.0209. The molecule has 0 aromatic heterocycles. The quantitative estimate of drug-likeness (QED) is 0.691. The van der Waals surface area contributed by atoms with Gasteiger partial charge in [-0.15, -0.1) is 0 Å². The van der Waals surface area contributed by atoms with Crippen LogP contribution in [0.3, 0.4) is 0 Å². The number of carbonyl (C=O) groups is 2. The van der Waals surface area contributed by atoms with Gasteiger partial charge in [0.1, 0.15) is 0 Å². The Morgan fingerprint density at radius 3 is 2.43 bits per heavy atom. The highest BCUT2D eigenvalue weighted by molar-refractivity contribution is 5.87. The molecule has 82 valence electrons. The zero-order chi connectivity index (χ0) is 11.0. The summed E-state index contributed by atoms with van der Waals surface area (Å²) in [5, 5.41) is 2.46. The smallest absolute Gasteiger partial charge is 0.407 e. The molecular formula is C9H17NO4. The van der Waals surface area contributed by atoms with Crippen LogP contribution in [0, 0.1) is 0 Å². The molecule has 0 rings (SSSR count). The summed E-state index contributed by atoms with van der Waals surface area (Å²) in [6, 6.07) is -0.507. The van der Waals surface area contributed by atoms with Crippen LogP contribution in [-0.4, -0.2) is 38.7 Å². The molecule has 0 spiro atoms. The van der Waals surface area contributed by atoms with Gasteiger partial charge >= 0.3 is 6.09 Å². The number of hydrogen-bond acceptors (Lipinski definition) is 4. The van der Waals surface area contributed by atoms with Gasteiger partial charge in [0.05, 0.1) is 13.2 Å². The second-order valence-corrected chi connectivity index (χ2v) is 2.79. The lowest BCUT2D eigenvalue weighted by Gasteiger charge is -2.15. The maximum absolute atomic E-state index is 11.3. The third-order valence-electron chi connectivity index (χ3n) is 1.83. The Balaban J connectivity index is 4.09. The molecule has 0 fully saturated rings. The lowest BCUT2D eigenvalue weighted by Crippen LogP contribution is -2.41. The first-order valence-electron chi connectivity index (χ1n) is 4.51. The number of alkyl carbamates (subject to hydrolysis) is 1. The van der Waals surface area contributed by atoms with E-state index in [1.54, 1.807) is 14.0 Å². The van der Waals surface area contributed by atoms with Gasteiger partial charge < -0.3 is 14.8 Å². The van der Waals surface area contributed by atoms with Gasteiger partial charge in [0.25, 0.3) is 0 Å². The van der Waals surface area contributed by atoms with Crippen molar-refractivity contribution in [2.45, 2.75) is 25.8 Å². The largest absolute Gasteiger partial charge is 0.453 e. The molecule has 0 unspecified atom stereocenters. The number of ketones is 1. The molecule has 0 aliphatic heterocycles. The maximum atomic E-state index is 11.3. The number of Topliss-reactive ketones (excluding diaryl/α,β-unsaturated/α-hetero) is 1. The van der Waals surface area contributed by atoms with Crippen LogP contribution < -0.4 is 5.32 Å². The van der Waals surface area contributed by atoms with Crippen molar-refractivity contribution in [3.05, 3.63) is 0 Å². The first kappa shape index (κ1) is 12.9. The first-order valence-corrected chi connectivity index (χ1v) is 4.51. The van der Waals surface area contributed by atoms with Gasteiger partial charge in [-0.2, -0.15) is 0 Å². The molecule has 0 aromatic rings. The first-order chi connectivity index (χ1) is 6.65. The topological polar surface area (TPSA) is 64.6 Å². The van der Waals surface area contributed by atoms with Gasteiger partial charge in [-0.1, -0.05) is 6.92 Å². The van der Waals surface area contributed by atoms with Gasteiger partial charge in [0.2, 0.25) is 0 Å². The SMILES string of the molecule is CCC(=O)[C@H](CCOC)NC(=O)OC. The Bertz CT molecular complexity index is 193.